The minimum atomic E-state index is -0.321. The van der Waals surface area contributed by atoms with Crippen molar-refractivity contribution in [1.29, 1.82) is 0 Å². The van der Waals surface area contributed by atoms with E-state index in [-0.39, 0.29) is 18.2 Å². The summed E-state index contributed by atoms with van der Waals surface area (Å²) in [6.07, 6.45) is 0.273. The van der Waals surface area contributed by atoms with Crippen molar-refractivity contribution in [3.05, 3.63) is 120 Å². The molecule has 0 radical (unpaired) electrons. The first kappa shape index (κ1) is 20.9. The zero-order valence-corrected chi connectivity index (χ0v) is 17.3. The number of hydrogen-bond acceptors (Lipinski definition) is 3. The Morgan fingerprint density at radius 3 is 1.75 bits per heavy atom. The lowest BCUT2D eigenvalue weighted by Crippen LogP contribution is -2.19. The molecule has 0 spiro atoms. The first-order valence-electron chi connectivity index (χ1n) is 10.2. The molecule has 32 heavy (non-hydrogen) atoms. The van der Waals surface area contributed by atoms with Crippen LogP contribution in [0.4, 0.5) is 16.2 Å². The van der Waals surface area contributed by atoms with Gasteiger partial charge < -0.3 is 15.4 Å². The molecule has 4 rings (SSSR count). The summed E-state index contributed by atoms with van der Waals surface area (Å²) in [5.74, 6) is 1.44. The average molecular weight is 422 g/mol. The first-order valence-corrected chi connectivity index (χ1v) is 10.2. The van der Waals surface area contributed by atoms with Crippen molar-refractivity contribution >= 4 is 23.2 Å². The number of ether oxygens (including phenoxy) is 1. The van der Waals surface area contributed by atoms with Crippen LogP contribution in [-0.2, 0) is 6.42 Å². The highest BCUT2D eigenvalue weighted by molar-refractivity contribution is 6.00. The number of nitrogens with one attached hydrogen (secondary N) is 2. The second-order valence-corrected chi connectivity index (χ2v) is 7.18. The molecule has 2 amide bonds. The van der Waals surface area contributed by atoms with Gasteiger partial charge in [-0.15, -0.1) is 0 Å². The number of carbonyl (C=O) groups excluding carboxylic acids is 2. The number of Topliss-reactive ketones (excluding diaryl/α,β-unsaturated/α-hetero) is 1. The first-order chi connectivity index (χ1) is 15.7. The molecule has 0 saturated carbocycles. The lowest BCUT2D eigenvalue weighted by Gasteiger charge is -2.09. The van der Waals surface area contributed by atoms with E-state index in [4.69, 9.17) is 4.74 Å². The maximum Gasteiger partial charge on any atom is 0.323 e. The molecule has 0 aliphatic heterocycles. The summed E-state index contributed by atoms with van der Waals surface area (Å²) >= 11 is 0. The Morgan fingerprint density at radius 1 is 0.594 bits per heavy atom. The van der Waals surface area contributed by atoms with Crippen LogP contribution in [0.1, 0.15) is 15.9 Å². The lowest BCUT2D eigenvalue weighted by atomic mass is 10.0. The van der Waals surface area contributed by atoms with Crippen LogP contribution in [0.5, 0.6) is 11.5 Å². The van der Waals surface area contributed by atoms with Crippen molar-refractivity contribution in [3.63, 3.8) is 0 Å². The SMILES string of the molecule is O=C(Nc1ccccc1)Nc1ccc(CC(=O)c2ccc(Oc3ccccc3)cc2)cc1. The van der Waals surface area contributed by atoms with Gasteiger partial charge in [-0.2, -0.15) is 0 Å². The van der Waals surface area contributed by atoms with Crippen molar-refractivity contribution in [2.45, 2.75) is 6.42 Å². The molecule has 5 nitrogen and oxygen atoms in total. The van der Waals surface area contributed by atoms with Crippen LogP contribution in [0.2, 0.25) is 0 Å². The molecule has 4 aromatic carbocycles. The highest BCUT2D eigenvalue weighted by Crippen LogP contribution is 2.22. The zero-order chi connectivity index (χ0) is 22.2. The monoisotopic (exact) mass is 422 g/mol. The number of benzene rings is 4. The molecule has 2 N–H and O–H groups in total. The predicted octanol–water partition coefficient (Wildman–Crippen LogP) is 6.55. The van der Waals surface area contributed by atoms with Gasteiger partial charge in [-0.1, -0.05) is 48.5 Å². The third-order valence-electron chi connectivity index (χ3n) is 4.76. The molecule has 0 atom stereocenters. The third-order valence-corrected chi connectivity index (χ3v) is 4.76. The normalized spacial score (nSPS) is 10.2. The summed E-state index contributed by atoms with van der Waals surface area (Å²) < 4.78 is 5.76. The number of carbonyl (C=O) groups is 2. The summed E-state index contributed by atoms with van der Waals surface area (Å²) in [6, 6.07) is 32.7. The number of hydrogen-bond donors (Lipinski definition) is 2. The van der Waals surface area contributed by atoms with E-state index >= 15 is 0 Å². The van der Waals surface area contributed by atoms with Crippen molar-refractivity contribution in [2.75, 3.05) is 10.6 Å². The molecule has 0 heterocycles. The fraction of sp³-hybridized carbons (Fsp3) is 0.0370. The van der Waals surface area contributed by atoms with E-state index < -0.39 is 0 Å². The van der Waals surface area contributed by atoms with Crippen LogP contribution in [0.25, 0.3) is 0 Å². The van der Waals surface area contributed by atoms with Gasteiger partial charge in [0, 0.05) is 23.4 Å². The van der Waals surface area contributed by atoms with Gasteiger partial charge in [0.2, 0.25) is 0 Å². The summed E-state index contributed by atoms with van der Waals surface area (Å²) in [4.78, 5) is 24.7. The molecule has 0 bridgehead atoms. The summed E-state index contributed by atoms with van der Waals surface area (Å²) in [5, 5.41) is 5.54. The Kier molecular flexibility index (Phi) is 6.58. The molecule has 0 fully saturated rings. The molecular formula is C27H22N2O3. The van der Waals surface area contributed by atoms with Gasteiger partial charge in [-0.25, -0.2) is 4.79 Å². The molecule has 0 aliphatic carbocycles. The van der Waals surface area contributed by atoms with Crippen LogP contribution in [0.15, 0.2) is 109 Å². The third kappa shape index (κ3) is 5.83. The van der Waals surface area contributed by atoms with Gasteiger partial charge in [0.15, 0.2) is 5.78 Å². The average Bonchev–Trinajstić information content (AvgIpc) is 2.82. The molecule has 5 heteroatoms. The van der Waals surface area contributed by atoms with E-state index in [2.05, 4.69) is 10.6 Å². The van der Waals surface area contributed by atoms with Crippen LogP contribution in [0, 0.1) is 0 Å². The number of amides is 2. The van der Waals surface area contributed by atoms with Crippen molar-refractivity contribution < 1.29 is 14.3 Å². The maximum atomic E-state index is 12.6. The number of para-hydroxylation sites is 2. The minimum Gasteiger partial charge on any atom is -0.457 e. The Morgan fingerprint density at radius 2 is 1.12 bits per heavy atom. The highest BCUT2D eigenvalue weighted by atomic mass is 16.5. The predicted molar refractivity (Wildman–Crippen MR) is 127 cm³/mol. The van der Waals surface area contributed by atoms with Gasteiger partial charge in [0.1, 0.15) is 11.5 Å². The Hall–Kier alpha value is -4.38. The van der Waals surface area contributed by atoms with E-state index in [0.29, 0.717) is 22.7 Å². The molecule has 0 saturated heterocycles. The van der Waals surface area contributed by atoms with Gasteiger partial charge in [-0.05, 0) is 66.2 Å². The van der Waals surface area contributed by atoms with E-state index in [1.807, 2.05) is 72.8 Å². The van der Waals surface area contributed by atoms with Gasteiger partial charge >= 0.3 is 6.03 Å². The van der Waals surface area contributed by atoms with Crippen LogP contribution in [-0.4, -0.2) is 11.8 Å². The molecule has 0 aliphatic rings. The van der Waals surface area contributed by atoms with Crippen LogP contribution >= 0.6 is 0 Å². The summed E-state index contributed by atoms with van der Waals surface area (Å²) in [7, 11) is 0. The quantitative estimate of drug-likeness (QED) is 0.332. The number of anilines is 2. The van der Waals surface area contributed by atoms with Crippen molar-refractivity contribution in [1.82, 2.24) is 0 Å². The fourth-order valence-corrected chi connectivity index (χ4v) is 3.14. The fourth-order valence-electron chi connectivity index (χ4n) is 3.14. The Balaban J connectivity index is 1.31. The van der Waals surface area contributed by atoms with Gasteiger partial charge in [0.25, 0.3) is 0 Å². The van der Waals surface area contributed by atoms with E-state index in [1.54, 1.807) is 36.4 Å². The largest absolute Gasteiger partial charge is 0.457 e. The molecule has 4 aromatic rings. The topological polar surface area (TPSA) is 67.4 Å². The number of rotatable bonds is 7. The molecule has 158 valence electrons. The number of ketones is 1. The maximum absolute atomic E-state index is 12.6. The van der Waals surface area contributed by atoms with Crippen molar-refractivity contribution in [3.8, 4) is 11.5 Å². The molecule has 0 unspecified atom stereocenters. The number of urea groups is 1. The second-order valence-electron chi connectivity index (χ2n) is 7.18. The second kappa shape index (κ2) is 10.1. The standard InChI is InChI=1S/C27H22N2O3/c30-26(21-13-17-25(18-14-21)32-24-9-5-2-6-10-24)19-20-11-15-23(16-12-20)29-27(31)28-22-7-3-1-4-8-22/h1-18H,19H2,(H2,28,29,31). The summed E-state index contributed by atoms with van der Waals surface area (Å²) in [5.41, 5.74) is 2.85. The molecular weight excluding hydrogens is 400 g/mol. The minimum absolute atomic E-state index is 0.0128. The Labute approximate surface area is 186 Å². The van der Waals surface area contributed by atoms with E-state index in [1.165, 1.54) is 0 Å². The van der Waals surface area contributed by atoms with Crippen LogP contribution in [0.3, 0.4) is 0 Å². The smallest absolute Gasteiger partial charge is 0.323 e. The summed E-state index contributed by atoms with van der Waals surface area (Å²) in [6.45, 7) is 0. The van der Waals surface area contributed by atoms with Gasteiger partial charge in [0.05, 0.1) is 0 Å². The van der Waals surface area contributed by atoms with Crippen molar-refractivity contribution in [2.24, 2.45) is 0 Å². The van der Waals surface area contributed by atoms with E-state index in [9.17, 15) is 9.59 Å². The molecule has 0 aromatic heterocycles. The zero-order valence-electron chi connectivity index (χ0n) is 17.3. The van der Waals surface area contributed by atoms with E-state index in [0.717, 1.165) is 11.3 Å². The van der Waals surface area contributed by atoms with Crippen LogP contribution < -0.4 is 15.4 Å². The Bertz CT molecular complexity index is 1170. The lowest BCUT2D eigenvalue weighted by molar-refractivity contribution is 0.0993. The van der Waals surface area contributed by atoms with Gasteiger partial charge in [-0.3, -0.25) is 4.79 Å². The highest BCUT2D eigenvalue weighted by Gasteiger charge is 2.09.